The second-order valence-electron chi connectivity index (χ2n) is 3.02. The Morgan fingerprint density at radius 1 is 1.64 bits per heavy atom. The van der Waals surface area contributed by atoms with Crippen LogP contribution >= 0.6 is 0 Å². The molecule has 0 radical (unpaired) electrons. The van der Waals surface area contributed by atoms with Gasteiger partial charge in [0.05, 0.1) is 12.2 Å². The average Bonchev–Trinajstić information content (AvgIpc) is 2.18. The highest BCUT2D eigenvalue weighted by atomic mass is 16.1. The number of nitrogens with two attached hydrogens (primary N) is 1. The van der Waals surface area contributed by atoms with E-state index in [1.54, 1.807) is 18.3 Å². The van der Waals surface area contributed by atoms with E-state index < -0.39 is 0 Å². The number of nitrogens with zero attached hydrogens (tertiary/aromatic N) is 2. The first-order valence-corrected chi connectivity index (χ1v) is 4.27. The molecule has 0 aliphatic heterocycles. The number of hydrogen-bond donors (Lipinski definition) is 2. The fourth-order valence-corrected chi connectivity index (χ4v) is 1.05. The molecule has 1 aromatic rings. The molecule has 0 aliphatic carbocycles. The predicted molar refractivity (Wildman–Crippen MR) is 56.2 cm³/mol. The number of carbonyl (C=O) groups is 1. The van der Waals surface area contributed by atoms with Crippen LogP contribution in [0.4, 0.5) is 11.5 Å². The number of pyridine rings is 1. The third kappa shape index (κ3) is 2.43. The van der Waals surface area contributed by atoms with Crippen molar-refractivity contribution in [3.8, 4) is 0 Å². The quantitative estimate of drug-likeness (QED) is 0.713. The van der Waals surface area contributed by atoms with Crippen LogP contribution in [0.1, 0.15) is 0 Å². The molecular formula is C9H14N4O. The van der Waals surface area contributed by atoms with E-state index in [2.05, 4.69) is 10.3 Å². The average molecular weight is 194 g/mol. The lowest BCUT2D eigenvalue weighted by Gasteiger charge is -2.15. The first-order valence-electron chi connectivity index (χ1n) is 4.27. The third-order valence-corrected chi connectivity index (χ3v) is 1.67. The van der Waals surface area contributed by atoms with Crippen LogP contribution in [-0.4, -0.2) is 31.5 Å². The number of rotatable bonds is 3. The minimum atomic E-state index is -0.221. The van der Waals surface area contributed by atoms with E-state index in [1.807, 2.05) is 19.0 Å². The Kier molecular flexibility index (Phi) is 3.41. The predicted octanol–water partition coefficient (Wildman–Crippen LogP) is 0.0448. The summed E-state index contributed by atoms with van der Waals surface area (Å²) >= 11 is 0. The molecule has 3 N–H and O–H groups in total. The summed E-state index contributed by atoms with van der Waals surface area (Å²) in [6.45, 7) is -0.0260. The van der Waals surface area contributed by atoms with Crippen molar-refractivity contribution in [1.82, 2.24) is 4.98 Å². The lowest BCUT2D eigenvalue weighted by molar-refractivity contribution is -0.114. The SMILES string of the molecule is CN(C)c1ncccc1NC(=O)CN. The van der Waals surface area contributed by atoms with Crippen molar-refractivity contribution in [2.75, 3.05) is 30.9 Å². The Morgan fingerprint density at radius 3 is 2.93 bits per heavy atom. The van der Waals surface area contributed by atoms with E-state index in [-0.39, 0.29) is 12.5 Å². The molecule has 1 rings (SSSR count). The van der Waals surface area contributed by atoms with Crippen molar-refractivity contribution < 1.29 is 4.79 Å². The van der Waals surface area contributed by atoms with E-state index in [4.69, 9.17) is 5.73 Å². The van der Waals surface area contributed by atoms with E-state index in [1.165, 1.54) is 0 Å². The molecule has 1 amide bonds. The molecule has 0 saturated carbocycles. The fraction of sp³-hybridized carbons (Fsp3) is 0.333. The van der Waals surface area contributed by atoms with Crippen LogP contribution < -0.4 is 16.0 Å². The molecule has 5 nitrogen and oxygen atoms in total. The number of carbonyl (C=O) groups excluding carboxylic acids is 1. The Labute approximate surface area is 82.9 Å². The summed E-state index contributed by atoms with van der Waals surface area (Å²) in [4.78, 5) is 17.0. The summed E-state index contributed by atoms with van der Waals surface area (Å²) < 4.78 is 0. The minimum absolute atomic E-state index is 0.0260. The second-order valence-corrected chi connectivity index (χ2v) is 3.02. The molecule has 76 valence electrons. The van der Waals surface area contributed by atoms with Gasteiger partial charge < -0.3 is 16.0 Å². The number of anilines is 2. The molecular weight excluding hydrogens is 180 g/mol. The van der Waals surface area contributed by atoms with Crippen LogP contribution in [0.15, 0.2) is 18.3 Å². The number of nitrogens with one attached hydrogen (secondary N) is 1. The zero-order valence-electron chi connectivity index (χ0n) is 8.32. The summed E-state index contributed by atoms with van der Waals surface area (Å²) in [5.74, 6) is 0.496. The standard InChI is InChI=1S/C9H14N4O/c1-13(2)9-7(4-3-5-11-9)12-8(14)6-10/h3-5H,6,10H2,1-2H3,(H,12,14). The molecule has 0 atom stereocenters. The van der Waals surface area contributed by atoms with Crippen LogP contribution in [0.25, 0.3) is 0 Å². The number of hydrogen-bond acceptors (Lipinski definition) is 4. The maximum absolute atomic E-state index is 11.1. The van der Waals surface area contributed by atoms with Crippen molar-refractivity contribution in [1.29, 1.82) is 0 Å². The van der Waals surface area contributed by atoms with E-state index >= 15 is 0 Å². The van der Waals surface area contributed by atoms with E-state index in [0.717, 1.165) is 0 Å². The molecule has 0 aromatic carbocycles. The van der Waals surface area contributed by atoms with Gasteiger partial charge in [-0.05, 0) is 12.1 Å². The van der Waals surface area contributed by atoms with Gasteiger partial charge in [-0.3, -0.25) is 4.79 Å². The lowest BCUT2D eigenvalue weighted by Crippen LogP contribution is -2.23. The Bertz CT molecular complexity index is 324. The number of amides is 1. The van der Waals surface area contributed by atoms with Gasteiger partial charge in [0.1, 0.15) is 0 Å². The van der Waals surface area contributed by atoms with Crippen molar-refractivity contribution in [3.63, 3.8) is 0 Å². The van der Waals surface area contributed by atoms with Crippen LogP contribution in [0.2, 0.25) is 0 Å². The van der Waals surface area contributed by atoms with Gasteiger partial charge in [-0.25, -0.2) is 4.98 Å². The summed E-state index contributed by atoms with van der Waals surface area (Å²) in [5, 5.41) is 2.67. The first kappa shape index (κ1) is 10.5. The molecule has 1 aromatic heterocycles. The van der Waals surface area contributed by atoms with Gasteiger partial charge >= 0.3 is 0 Å². The first-order chi connectivity index (χ1) is 6.65. The van der Waals surface area contributed by atoms with Gasteiger partial charge in [0.15, 0.2) is 5.82 Å². The van der Waals surface area contributed by atoms with Crippen LogP contribution in [0.3, 0.4) is 0 Å². The smallest absolute Gasteiger partial charge is 0.238 e. The lowest BCUT2D eigenvalue weighted by atomic mass is 10.3. The van der Waals surface area contributed by atoms with Gasteiger partial charge in [-0.1, -0.05) is 0 Å². The van der Waals surface area contributed by atoms with Crippen molar-refractivity contribution in [2.45, 2.75) is 0 Å². The van der Waals surface area contributed by atoms with Crippen LogP contribution in [-0.2, 0) is 4.79 Å². The Morgan fingerprint density at radius 2 is 2.36 bits per heavy atom. The maximum atomic E-state index is 11.1. The van der Waals surface area contributed by atoms with Gasteiger partial charge in [0.2, 0.25) is 5.91 Å². The second kappa shape index (κ2) is 4.57. The van der Waals surface area contributed by atoms with Gasteiger partial charge in [-0.2, -0.15) is 0 Å². The minimum Gasteiger partial charge on any atom is -0.361 e. The van der Waals surface area contributed by atoms with Gasteiger partial charge in [-0.15, -0.1) is 0 Å². The highest BCUT2D eigenvalue weighted by Gasteiger charge is 2.06. The fourth-order valence-electron chi connectivity index (χ4n) is 1.05. The Hall–Kier alpha value is -1.62. The molecule has 0 spiro atoms. The highest BCUT2D eigenvalue weighted by Crippen LogP contribution is 2.19. The Balaban J connectivity index is 2.90. The monoisotopic (exact) mass is 194 g/mol. The molecule has 0 aliphatic rings. The molecule has 0 fully saturated rings. The zero-order chi connectivity index (χ0) is 10.6. The van der Waals surface area contributed by atoms with Crippen molar-refractivity contribution >= 4 is 17.4 Å². The number of aromatic nitrogens is 1. The maximum Gasteiger partial charge on any atom is 0.238 e. The van der Waals surface area contributed by atoms with Gasteiger partial charge in [0.25, 0.3) is 0 Å². The third-order valence-electron chi connectivity index (χ3n) is 1.67. The van der Waals surface area contributed by atoms with Crippen LogP contribution in [0.5, 0.6) is 0 Å². The molecule has 5 heteroatoms. The van der Waals surface area contributed by atoms with Crippen molar-refractivity contribution in [2.24, 2.45) is 5.73 Å². The van der Waals surface area contributed by atoms with E-state index in [0.29, 0.717) is 11.5 Å². The summed E-state index contributed by atoms with van der Waals surface area (Å²) in [7, 11) is 3.72. The zero-order valence-corrected chi connectivity index (χ0v) is 8.32. The van der Waals surface area contributed by atoms with Gasteiger partial charge in [0, 0.05) is 20.3 Å². The summed E-state index contributed by atoms with van der Waals surface area (Å²) in [6, 6.07) is 3.55. The topological polar surface area (TPSA) is 71.2 Å². The summed E-state index contributed by atoms with van der Waals surface area (Å²) in [6.07, 6.45) is 1.67. The van der Waals surface area contributed by atoms with Crippen LogP contribution in [0, 0.1) is 0 Å². The highest BCUT2D eigenvalue weighted by molar-refractivity contribution is 5.94. The molecule has 1 heterocycles. The molecule has 0 unspecified atom stereocenters. The summed E-state index contributed by atoms with van der Waals surface area (Å²) in [5.41, 5.74) is 5.87. The normalized spacial score (nSPS) is 9.64. The molecule has 0 saturated heterocycles. The molecule has 0 bridgehead atoms. The molecule has 14 heavy (non-hydrogen) atoms. The van der Waals surface area contributed by atoms with Crippen molar-refractivity contribution in [3.05, 3.63) is 18.3 Å². The van der Waals surface area contributed by atoms with E-state index in [9.17, 15) is 4.79 Å². The largest absolute Gasteiger partial charge is 0.361 e.